The highest BCUT2D eigenvalue weighted by Gasteiger charge is 2.27. The zero-order valence-electron chi connectivity index (χ0n) is 14.4. The molecule has 22 heavy (non-hydrogen) atoms. The fourth-order valence-corrected chi connectivity index (χ4v) is 4.49. The smallest absolute Gasteiger partial charge is 0.339 e. The fourth-order valence-electron chi connectivity index (χ4n) is 3.28. The third-order valence-corrected chi connectivity index (χ3v) is 5.81. The molecule has 4 nitrogen and oxygen atoms in total. The summed E-state index contributed by atoms with van der Waals surface area (Å²) in [6, 6.07) is 1.20. The first-order valence-corrected chi connectivity index (χ1v) is 9.04. The lowest BCUT2D eigenvalue weighted by molar-refractivity contribution is 0.0600. The van der Waals surface area contributed by atoms with Crippen molar-refractivity contribution in [2.75, 3.05) is 31.6 Å². The van der Waals surface area contributed by atoms with Crippen LogP contribution in [0.3, 0.4) is 0 Å². The summed E-state index contributed by atoms with van der Waals surface area (Å²) in [4.78, 5) is 16.8. The second-order valence-corrected chi connectivity index (χ2v) is 7.08. The van der Waals surface area contributed by atoms with Crippen molar-refractivity contribution in [3.8, 4) is 0 Å². The molecule has 2 heterocycles. The summed E-state index contributed by atoms with van der Waals surface area (Å²) in [6.45, 7) is 12.1. The number of nitrogens with zero attached hydrogens (tertiary/aromatic N) is 2. The SMILES string of the molecule is CCN(c1scc(C(=O)OC)c1C)C1CCN(C(C)C)CC1. The van der Waals surface area contributed by atoms with E-state index in [9.17, 15) is 4.79 Å². The molecule has 0 spiro atoms. The molecule has 2 rings (SSSR count). The van der Waals surface area contributed by atoms with Gasteiger partial charge in [-0.2, -0.15) is 0 Å². The highest BCUT2D eigenvalue weighted by atomic mass is 32.1. The van der Waals surface area contributed by atoms with E-state index in [0.717, 1.165) is 25.2 Å². The van der Waals surface area contributed by atoms with Crippen LogP contribution in [0.15, 0.2) is 5.38 Å². The number of rotatable bonds is 5. The van der Waals surface area contributed by atoms with E-state index in [0.29, 0.717) is 17.6 Å². The van der Waals surface area contributed by atoms with Gasteiger partial charge < -0.3 is 14.5 Å². The van der Waals surface area contributed by atoms with Crippen LogP contribution in [-0.4, -0.2) is 49.7 Å². The summed E-state index contributed by atoms with van der Waals surface area (Å²) in [5.41, 5.74) is 1.77. The van der Waals surface area contributed by atoms with Crippen LogP contribution in [0.4, 0.5) is 5.00 Å². The second-order valence-electron chi connectivity index (χ2n) is 6.22. The second kappa shape index (κ2) is 7.47. The molecule has 124 valence electrons. The Bertz CT molecular complexity index is 505. The largest absolute Gasteiger partial charge is 0.465 e. The molecule has 0 bridgehead atoms. The van der Waals surface area contributed by atoms with Crippen LogP contribution in [0.5, 0.6) is 0 Å². The number of ether oxygens (including phenoxy) is 1. The van der Waals surface area contributed by atoms with Crippen molar-refractivity contribution in [1.82, 2.24) is 4.90 Å². The number of likely N-dealkylation sites (tertiary alicyclic amines) is 1. The summed E-state index contributed by atoms with van der Waals surface area (Å²) in [6.07, 6.45) is 2.38. The van der Waals surface area contributed by atoms with Gasteiger partial charge in [0, 0.05) is 37.1 Å². The maximum atomic E-state index is 11.8. The van der Waals surface area contributed by atoms with Crippen LogP contribution in [0, 0.1) is 6.92 Å². The van der Waals surface area contributed by atoms with Crippen LogP contribution >= 0.6 is 11.3 Å². The predicted octanol–water partition coefficient (Wildman–Crippen LogP) is 3.54. The van der Waals surface area contributed by atoms with Crippen molar-refractivity contribution >= 4 is 22.3 Å². The van der Waals surface area contributed by atoms with Gasteiger partial charge in [-0.3, -0.25) is 0 Å². The van der Waals surface area contributed by atoms with Gasteiger partial charge in [0.25, 0.3) is 0 Å². The molecule has 1 fully saturated rings. The molecule has 0 aliphatic carbocycles. The normalized spacial score (nSPS) is 17.0. The first kappa shape index (κ1) is 17.3. The fraction of sp³-hybridized carbons (Fsp3) is 0.706. The van der Waals surface area contributed by atoms with Crippen LogP contribution in [0.25, 0.3) is 0 Å². The highest BCUT2D eigenvalue weighted by Crippen LogP contribution is 2.34. The van der Waals surface area contributed by atoms with Crippen molar-refractivity contribution < 1.29 is 9.53 Å². The van der Waals surface area contributed by atoms with Crippen LogP contribution in [0.1, 0.15) is 49.5 Å². The Labute approximate surface area is 138 Å². The van der Waals surface area contributed by atoms with E-state index >= 15 is 0 Å². The highest BCUT2D eigenvalue weighted by molar-refractivity contribution is 7.14. The van der Waals surface area contributed by atoms with Gasteiger partial charge in [-0.25, -0.2) is 4.79 Å². The molecule has 5 heteroatoms. The zero-order chi connectivity index (χ0) is 16.3. The Morgan fingerprint density at radius 1 is 1.45 bits per heavy atom. The molecule has 0 N–H and O–H groups in total. The lowest BCUT2D eigenvalue weighted by Gasteiger charge is -2.40. The monoisotopic (exact) mass is 324 g/mol. The van der Waals surface area contributed by atoms with Gasteiger partial charge >= 0.3 is 5.97 Å². The van der Waals surface area contributed by atoms with E-state index < -0.39 is 0 Å². The molecular weight excluding hydrogens is 296 g/mol. The summed E-state index contributed by atoms with van der Waals surface area (Å²) >= 11 is 1.66. The van der Waals surface area contributed by atoms with E-state index in [1.807, 2.05) is 12.3 Å². The molecule has 1 aromatic heterocycles. The topological polar surface area (TPSA) is 32.8 Å². The van der Waals surface area contributed by atoms with Gasteiger partial charge in [0.05, 0.1) is 17.7 Å². The van der Waals surface area contributed by atoms with Gasteiger partial charge in [-0.1, -0.05) is 0 Å². The summed E-state index contributed by atoms with van der Waals surface area (Å²) in [5, 5.41) is 3.16. The van der Waals surface area contributed by atoms with E-state index in [2.05, 4.69) is 30.6 Å². The van der Waals surface area contributed by atoms with E-state index in [1.54, 1.807) is 11.3 Å². The molecule has 1 saturated heterocycles. The lowest BCUT2D eigenvalue weighted by atomic mass is 10.0. The van der Waals surface area contributed by atoms with Crippen LogP contribution in [0.2, 0.25) is 0 Å². The van der Waals surface area contributed by atoms with Gasteiger partial charge in [-0.15, -0.1) is 11.3 Å². The third kappa shape index (κ3) is 3.46. The standard InChI is InChI=1S/C17H28N2O2S/c1-6-19(14-7-9-18(10-8-14)12(2)3)16-13(4)15(11-22-16)17(20)21-5/h11-12,14H,6-10H2,1-5H3. The molecule has 0 atom stereocenters. The van der Waals surface area contributed by atoms with Gasteiger partial charge in [0.15, 0.2) is 0 Å². The lowest BCUT2D eigenvalue weighted by Crippen LogP contribution is -2.47. The Kier molecular flexibility index (Phi) is 5.87. The van der Waals surface area contributed by atoms with Crippen LogP contribution in [-0.2, 0) is 4.74 Å². The zero-order valence-corrected chi connectivity index (χ0v) is 15.2. The first-order chi connectivity index (χ1) is 10.5. The third-order valence-electron chi connectivity index (χ3n) is 4.69. The van der Waals surface area contributed by atoms with Crippen molar-refractivity contribution in [2.24, 2.45) is 0 Å². The summed E-state index contributed by atoms with van der Waals surface area (Å²) < 4.78 is 4.87. The van der Waals surface area contributed by atoms with Gasteiger partial charge in [0.2, 0.25) is 0 Å². The number of hydrogen-bond donors (Lipinski definition) is 0. The van der Waals surface area contributed by atoms with E-state index in [4.69, 9.17) is 4.74 Å². The Balaban J connectivity index is 2.13. The van der Waals surface area contributed by atoms with Crippen molar-refractivity contribution in [2.45, 2.75) is 52.6 Å². The minimum absolute atomic E-state index is 0.231. The molecule has 0 aromatic carbocycles. The number of hydrogen-bond acceptors (Lipinski definition) is 5. The average molecular weight is 324 g/mol. The van der Waals surface area contributed by atoms with Crippen molar-refractivity contribution in [3.63, 3.8) is 0 Å². The number of methoxy groups -OCH3 is 1. The number of carbonyl (C=O) groups excluding carboxylic acids is 1. The van der Waals surface area contributed by atoms with Gasteiger partial charge in [-0.05, 0) is 46.1 Å². The summed E-state index contributed by atoms with van der Waals surface area (Å²) in [5.74, 6) is -0.231. The number of esters is 1. The maximum absolute atomic E-state index is 11.8. The molecule has 0 radical (unpaired) electrons. The van der Waals surface area contributed by atoms with E-state index in [1.165, 1.54) is 25.0 Å². The predicted molar refractivity (Wildman–Crippen MR) is 93.1 cm³/mol. The van der Waals surface area contributed by atoms with Crippen molar-refractivity contribution in [3.05, 3.63) is 16.5 Å². The minimum atomic E-state index is -0.231. The van der Waals surface area contributed by atoms with Crippen molar-refractivity contribution in [1.29, 1.82) is 0 Å². The number of anilines is 1. The quantitative estimate of drug-likeness (QED) is 0.776. The number of carbonyl (C=O) groups is 1. The molecule has 0 saturated carbocycles. The molecule has 1 aromatic rings. The van der Waals surface area contributed by atoms with E-state index in [-0.39, 0.29) is 5.97 Å². The number of thiophene rings is 1. The first-order valence-electron chi connectivity index (χ1n) is 8.16. The molecular formula is C17H28N2O2S. The molecule has 1 aliphatic heterocycles. The maximum Gasteiger partial charge on any atom is 0.339 e. The minimum Gasteiger partial charge on any atom is -0.465 e. The Hall–Kier alpha value is -1.07. The Morgan fingerprint density at radius 2 is 2.09 bits per heavy atom. The molecule has 1 aliphatic rings. The Morgan fingerprint density at radius 3 is 2.59 bits per heavy atom. The number of piperidine rings is 1. The molecule has 0 unspecified atom stereocenters. The molecule has 0 amide bonds. The summed E-state index contributed by atoms with van der Waals surface area (Å²) in [7, 11) is 1.44. The average Bonchev–Trinajstić information content (AvgIpc) is 2.90. The van der Waals surface area contributed by atoms with Crippen LogP contribution < -0.4 is 4.90 Å². The van der Waals surface area contributed by atoms with Gasteiger partial charge in [0.1, 0.15) is 0 Å².